The van der Waals surface area contributed by atoms with Crippen molar-refractivity contribution in [3.63, 3.8) is 0 Å². The van der Waals surface area contributed by atoms with Gasteiger partial charge in [0, 0.05) is 51.2 Å². The molecule has 7 aromatic rings. The van der Waals surface area contributed by atoms with E-state index < -0.39 is 0 Å². The third-order valence-corrected chi connectivity index (χ3v) is 5.64. The summed E-state index contributed by atoms with van der Waals surface area (Å²) in [5.74, 6) is 19.3. The van der Waals surface area contributed by atoms with Crippen LogP contribution >= 0.6 is 0 Å². The molecule has 0 nitrogen and oxygen atoms in total. The molecule has 7 rings (SSSR count). The van der Waals surface area contributed by atoms with Crippen molar-refractivity contribution in [1.82, 2.24) is 0 Å². The third kappa shape index (κ3) is 16.3. The summed E-state index contributed by atoms with van der Waals surface area (Å²) in [5.41, 5.74) is 5.76. The predicted octanol–water partition coefficient (Wildman–Crippen LogP) is 9.25. The topological polar surface area (TPSA) is 0 Å². The number of benzene rings is 1. The Morgan fingerprint density at radius 2 is 0.600 bits per heavy atom. The van der Waals surface area contributed by atoms with Crippen molar-refractivity contribution in [3.05, 3.63) is 215 Å². The van der Waals surface area contributed by atoms with Crippen molar-refractivity contribution in [2.45, 2.75) is 0 Å². The molecule has 0 saturated heterocycles. The predicted molar refractivity (Wildman–Crippen MR) is 177 cm³/mol. The molecule has 0 fully saturated rings. The Hall–Kier alpha value is -4.44. The van der Waals surface area contributed by atoms with Crippen LogP contribution in [0, 0.1) is 35.5 Å². The zero-order chi connectivity index (χ0) is 28.9. The molecule has 0 bridgehead atoms. The SMILES string of the molecule is C(#C[c-]1cccc1)c1cc(C#C[c-]2cccc2)cc(C#C[c-]2cccc2)c1.[Fe].[Fe].[Fe].[cH-]1[cH-][cH-][cH-][cH-]1.c1cc[cH-]c1.c1cc[cH-]c1. The molecule has 0 N–H and O–H groups in total. The maximum atomic E-state index is 3.23. The Kier molecular flexibility index (Phi) is 20.5. The van der Waals surface area contributed by atoms with Gasteiger partial charge >= 0.3 is 0 Å². The molecule has 0 radical (unpaired) electrons. The molecule has 45 heavy (non-hydrogen) atoms. The first kappa shape index (κ1) is 38.6. The van der Waals surface area contributed by atoms with Crippen LogP contribution in [0.3, 0.4) is 0 Å². The van der Waals surface area contributed by atoms with E-state index in [0.29, 0.717) is 0 Å². The van der Waals surface area contributed by atoms with Crippen molar-refractivity contribution < 1.29 is 51.2 Å². The zero-order valence-corrected chi connectivity index (χ0v) is 27.7. The molecule has 0 aromatic heterocycles. The summed E-state index contributed by atoms with van der Waals surface area (Å²) >= 11 is 0. The first-order valence-corrected chi connectivity index (χ1v) is 13.7. The van der Waals surface area contributed by atoms with Crippen LogP contribution in [0.25, 0.3) is 0 Å². The van der Waals surface area contributed by atoms with Crippen LogP contribution in [0.1, 0.15) is 33.4 Å². The molecule has 0 saturated carbocycles. The average Bonchev–Trinajstić information content (AvgIpc) is 3.88. The molecule has 0 atom stereocenters. The van der Waals surface area contributed by atoms with Gasteiger partial charge < -0.3 is 30.3 Å². The number of hydrogen-bond acceptors (Lipinski definition) is 0. The Bertz CT molecular complexity index is 1510. The van der Waals surface area contributed by atoms with E-state index in [2.05, 4.69) is 35.5 Å². The van der Waals surface area contributed by atoms with Gasteiger partial charge in [-0.05, 0) is 16.7 Å². The smallest absolute Gasteiger partial charge is 0 e. The molecule has 0 aliphatic carbocycles. The van der Waals surface area contributed by atoms with Crippen LogP contribution in [-0.4, -0.2) is 0 Å². The summed E-state index contributed by atoms with van der Waals surface area (Å²) in [5, 5.41) is 0. The normalized spacial score (nSPS) is 8.27. The number of rotatable bonds is 0. The minimum absolute atomic E-state index is 0. The first-order valence-electron chi connectivity index (χ1n) is 13.7. The molecule has 0 unspecified atom stereocenters. The minimum atomic E-state index is 0. The van der Waals surface area contributed by atoms with Gasteiger partial charge in [0.2, 0.25) is 0 Å². The molecule has 7 aromatic carbocycles. The van der Waals surface area contributed by atoms with Crippen molar-refractivity contribution in [2.75, 3.05) is 0 Å². The van der Waals surface area contributed by atoms with E-state index in [-0.39, 0.29) is 51.2 Å². The van der Waals surface area contributed by atoms with Crippen LogP contribution in [-0.2, 0) is 51.2 Å². The molecular formula is C42H30Fe3-10. The van der Waals surface area contributed by atoms with Crippen LogP contribution < -0.4 is 0 Å². The van der Waals surface area contributed by atoms with E-state index in [0.717, 1.165) is 33.4 Å². The van der Waals surface area contributed by atoms with Crippen LogP contribution in [0.5, 0.6) is 0 Å². The van der Waals surface area contributed by atoms with Gasteiger partial charge in [-0.25, -0.2) is 24.3 Å². The van der Waals surface area contributed by atoms with E-state index in [1.807, 2.05) is 182 Å². The van der Waals surface area contributed by atoms with Gasteiger partial charge in [0.15, 0.2) is 0 Å². The van der Waals surface area contributed by atoms with Crippen LogP contribution in [0.4, 0.5) is 0 Å². The minimum Gasteiger partial charge on any atom is -0.748 e. The molecule has 0 spiro atoms. The van der Waals surface area contributed by atoms with Gasteiger partial charge in [0.05, 0.1) is 0 Å². The Labute approximate surface area is 300 Å². The Balaban J connectivity index is 0.000000459. The fourth-order valence-corrected chi connectivity index (χ4v) is 3.61. The van der Waals surface area contributed by atoms with E-state index in [9.17, 15) is 0 Å². The van der Waals surface area contributed by atoms with Gasteiger partial charge in [-0.2, -0.15) is 108 Å². The Morgan fingerprint density at radius 1 is 0.356 bits per heavy atom. The second-order valence-electron chi connectivity index (χ2n) is 8.96. The van der Waals surface area contributed by atoms with Crippen molar-refractivity contribution in [1.29, 1.82) is 0 Å². The monoisotopic (exact) mass is 702 g/mol. The fraction of sp³-hybridized carbons (Fsp3) is 0. The molecule has 0 aliphatic heterocycles. The van der Waals surface area contributed by atoms with Crippen LogP contribution in [0.15, 0.2) is 182 Å². The van der Waals surface area contributed by atoms with Crippen LogP contribution in [0.2, 0.25) is 0 Å². The third-order valence-electron chi connectivity index (χ3n) is 5.64. The standard InChI is InChI=1S/C27H15.3C5H5.3Fe/c1-2-8-22(7-1)13-16-25-19-26(17-14-23-9-3-4-10-23)21-27(20-25)18-15-24-11-5-6-12-24;3*1-2-4-5-3-1;;;/h1-12,19-21H;3*1-5H;;;/q-3;-5;2*-1;;;. The quantitative estimate of drug-likeness (QED) is 0.0841. The van der Waals surface area contributed by atoms with Crippen molar-refractivity contribution in [3.8, 4) is 35.5 Å². The Morgan fingerprint density at radius 3 is 0.800 bits per heavy atom. The second kappa shape index (κ2) is 23.9. The summed E-state index contributed by atoms with van der Waals surface area (Å²) in [4.78, 5) is 0. The molecule has 0 heterocycles. The van der Waals surface area contributed by atoms with E-state index in [4.69, 9.17) is 0 Å². The van der Waals surface area contributed by atoms with Gasteiger partial charge in [-0.15, -0.1) is 36.4 Å². The average molecular weight is 702 g/mol. The zero-order valence-electron chi connectivity index (χ0n) is 24.4. The first-order chi connectivity index (χ1) is 20.8. The molecule has 0 aliphatic rings. The fourth-order valence-electron chi connectivity index (χ4n) is 3.61. The summed E-state index contributed by atoms with van der Waals surface area (Å²) < 4.78 is 0. The second-order valence-corrected chi connectivity index (χ2v) is 8.96. The number of hydrogen-bond donors (Lipinski definition) is 0. The molecule has 232 valence electrons. The van der Waals surface area contributed by atoms with Crippen molar-refractivity contribution >= 4 is 0 Å². The van der Waals surface area contributed by atoms with Gasteiger partial charge in [-0.1, -0.05) is 34.9 Å². The summed E-state index contributed by atoms with van der Waals surface area (Å²) in [6.45, 7) is 0. The maximum Gasteiger partial charge on any atom is 0 e. The van der Waals surface area contributed by atoms with Gasteiger partial charge in [-0.3, -0.25) is 0 Å². The van der Waals surface area contributed by atoms with Gasteiger partial charge in [0.25, 0.3) is 0 Å². The molecule has 0 amide bonds. The van der Waals surface area contributed by atoms with E-state index in [1.54, 1.807) is 0 Å². The van der Waals surface area contributed by atoms with Gasteiger partial charge in [0.1, 0.15) is 0 Å². The largest absolute Gasteiger partial charge is 0.748 e. The summed E-state index contributed by atoms with van der Waals surface area (Å²) in [6, 6.07) is 60.0. The van der Waals surface area contributed by atoms with E-state index >= 15 is 0 Å². The van der Waals surface area contributed by atoms with Crippen molar-refractivity contribution in [2.24, 2.45) is 0 Å². The van der Waals surface area contributed by atoms with E-state index in [1.165, 1.54) is 0 Å². The summed E-state index contributed by atoms with van der Waals surface area (Å²) in [6.07, 6.45) is 0. The molecular weight excluding hydrogens is 672 g/mol. The maximum absolute atomic E-state index is 3.23. The summed E-state index contributed by atoms with van der Waals surface area (Å²) in [7, 11) is 0. The molecule has 3 heteroatoms.